The Labute approximate surface area is 95.2 Å². The molecule has 0 unspecified atom stereocenters. The third-order valence-electron chi connectivity index (χ3n) is 1.60. The maximum atomic E-state index is 12.5. The van der Waals surface area contributed by atoms with Crippen LogP contribution in [-0.4, -0.2) is 21.0 Å². The lowest BCUT2D eigenvalue weighted by atomic mass is 10.2. The maximum Gasteiger partial charge on any atom is 0.381 e. The van der Waals surface area contributed by atoms with Gasteiger partial charge >= 0.3 is 11.8 Å². The Morgan fingerprint density at radius 1 is 1.62 bits per heavy atom. The van der Waals surface area contributed by atoms with Gasteiger partial charge < -0.3 is 15.2 Å². The molecule has 1 rings (SSSR count). The summed E-state index contributed by atoms with van der Waals surface area (Å²) >= 11 is 2.65. The summed E-state index contributed by atoms with van der Waals surface area (Å²) in [6, 6.07) is 0.730. The highest BCUT2D eigenvalue weighted by Crippen LogP contribution is 2.32. The number of hydrogen-bond acceptors (Lipinski definition) is 4. The third-order valence-corrected chi connectivity index (χ3v) is 2.26. The summed E-state index contributed by atoms with van der Waals surface area (Å²) < 4.78 is 24.6. The van der Waals surface area contributed by atoms with Crippen LogP contribution in [0.25, 0.3) is 0 Å². The van der Waals surface area contributed by atoms with Crippen molar-refractivity contribution in [2.45, 2.75) is 6.43 Å². The number of pyridine rings is 1. The molecule has 0 spiro atoms. The molecule has 0 aromatic carbocycles. The smallest absolute Gasteiger partial charge is 0.381 e. The number of nitrogens with zero attached hydrogens (tertiary/aromatic N) is 2. The average Bonchev–Trinajstić information content (AvgIpc) is 2.15. The number of nitro groups is 1. The summed E-state index contributed by atoms with van der Waals surface area (Å²) in [6.45, 7) is 0. The molecule has 1 aromatic heterocycles. The van der Waals surface area contributed by atoms with E-state index >= 15 is 0 Å². The molecule has 0 saturated carbocycles. The Bertz CT molecular complexity index is 466. The minimum Gasteiger partial charge on any atom is -0.475 e. The van der Waals surface area contributed by atoms with E-state index in [4.69, 9.17) is 5.11 Å². The topological polar surface area (TPSA) is 93.3 Å². The first kappa shape index (κ1) is 12.4. The zero-order valence-electron chi connectivity index (χ0n) is 7.35. The van der Waals surface area contributed by atoms with Gasteiger partial charge in [0, 0.05) is 4.47 Å². The summed E-state index contributed by atoms with van der Waals surface area (Å²) in [4.78, 5) is 23.0. The molecule has 0 aliphatic carbocycles. The van der Waals surface area contributed by atoms with E-state index in [1.54, 1.807) is 0 Å². The number of hydrogen-bond donors (Lipinski definition) is 1. The molecule has 86 valence electrons. The van der Waals surface area contributed by atoms with Crippen molar-refractivity contribution in [3.05, 3.63) is 31.9 Å². The van der Waals surface area contributed by atoms with Gasteiger partial charge in [0.2, 0.25) is 0 Å². The SMILES string of the molecule is O=C(O)c1nc([N+](=O)[O-])cc(Br)c1C(F)F. The third kappa shape index (κ3) is 2.30. The van der Waals surface area contributed by atoms with Crippen molar-refractivity contribution in [2.24, 2.45) is 0 Å². The highest BCUT2D eigenvalue weighted by Gasteiger charge is 2.30. The van der Waals surface area contributed by atoms with Gasteiger partial charge in [0.15, 0.2) is 0 Å². The van der Waals surface area contributed by atoms with Crippen LogP contribution in [0.2, 0.25) is 0 Å². The highest BCUT2D eigenvalue weighted by molar-refractivity contribution is 9.10. The number of alkyl halides is 2. The molecule has 0 atom stereocenters. The number of carboxylic acids is 1. The van der Waals surface area contributed by atoms with E-state index in [1.807, 2.05) is 0 Å². The minimum atomic E-state index is -3.09. The van der Waals surface area contributed by atoms with Crippen LogP contribution >= 0.6 is 15.9 Å². The van der Waals surface area contributed by atoms with Crippen molar-refractivity contribution < 1.29 is 23.6 Å². The summed E-state index contributed by atoms with van der Waals surface area (Å²) in [5.41, 5.74) is -1.91. The number of aromatic nitrogens is 1. The first-order chi connectivity index (χ1) is 7.34. The second kappa shape index (κ2) is 4.47. The molecule has 1 N–H and O–H groups in total. The summed E-state index contributed by atoms with van der Waals surface area (Å²) in [7, 11) is 0. The van der Waals surface area contributed by atoms with Crippen molar-refractivity contribution >= 4 is 27.7 Å². The number of rotatable bonds is 3. The molecule has 1 heterocycles. The fourth-order valence-corrected chi connectivity index (χ4v) is 1.54. The molecule has 0 radical (unpaired) electrons. The molecule has 16 heavy (non-hydrogen) atoms. The second-order valence-electron chi connectivity index (χ2n) is 2.59. The lowest BCUT2D eigenvalue weighted by Crippen LogP contribution is -2.09. The molecule has 0 amide bonds. The Kier molecular flexibility index (Phi) is 3.48. The largest absolute Gasteiger partial charge is 0.475 e. The zero-order chi connectivity index (χ0) is 12.5. The van der Waals surface area contributed by atoms with Gasteiger partial charge in [-0.05, 0) is 25.8 Å². The van der Waals surface area contributed by atoms with Gasteiger partial charge in [-0.2, -0.15) is 0 Å². The van der Waals surface area contributed by atoms with Crippen LogP contribution in [0.1, 0.15) is 22.5 Å². The summed E-state index contributed by atoms with van der Waals surface area (Å²) in [5, 5.41) is 19.0. The predicted molar refractivity (Wildman–Crippen MR) is 50.5 cm³/mol. The zero-order valence-corrected chi connectivity index (χ0v) is 8.94. The number of halogens is 3. The fraction of sp³-hybridized carbons (Fsp3) is 0.143. The molecule has 0 aliphatic heterocycles. The lowest BCUT2D eigenvalue weighted by molar-refractivity contribution is -0.389. The van der Waals surface area contributed by atoms with Crippen LogP contribution in [-0.2, 0) is 0 Å². The predicted octanol–water partition coefficient (Wildman–Crippen LogP) is 2.39. The molecule has 0 saturated heterocycles. The summed E-state index contributed by atoms with van der Waals surface area (Å²) in [6.07, 6.45) is -3.09. The molecule has 1 aromatic rings. The van der Waals surface area contributed by atoms with Gasteiger partial charge in [0.25, 0.3) is 12.1 Å². The monoisotopic (exact) mass is 296 g/mol. The van der Waals surface area contributed by atoms with Crippen LogP contribution in [0, 0.1) is 10.1 Å². The number of aromatic carboxylic acids is 1. The fourth-order valence-electron chi connectivity index (χ4n) is 0.975. The molecular weight excluding hydrogens is 294 g/mol. The van der Waals surface area contributed by atoms with Crippen molar-refractivity contribution in [3.63, 3.8) is 0 Å². The van der Waals surface area contributed by atoms with Crippen LogP contribution in [0.3, 0.4) is 0 Å². The van der Waals surface area contributed by atoms with Crippen molar-refractivity contribution in [3.8, 4) is 0 Å². The van der Waals surface area contributed by atoms with E-state index in [9.17, 15) is 23.7 Å². The quantitative estimate of drug-likeness (QED) is 0.683. The Morgan fingerprint density at radius 3 is 2.56 bits per heavy atom. The van der Waals surface area contributed by atoms with Gasteiger partial charge in [0.05, 0.1) is 11.6 Å². The Hall–Kier alpha value is -1.64. The van der Waals surface area contributed by atoms with Crippen LogP contribution < -0.4 is 0 Å². The molecular formula is C7H3BrF2N2O4. The Balaban J connectivity index is 3.52. The van der Waals surface area contributed by atoms with E-state index in [0.717, 1.165) is 6.07 Å². The van der Waals surface area contributed by atoms with E-state index in [0.29, 0.717) is 0 Å². The minimum absolute atomic E-state index is 0.360. The van der Waals surface area contributed by atoms with Gasteiger partial charge in [-0.3, -0.25) is 0 Å². The number of carbonyl (C=O) groups is 1. The number of carboxylic acid groups (broad SMARTS) is 1. The normalized spacial score (nSPS) is 10.5. The van der Waals surface area contributed by atoms with Gasteiger partial charge in [-0.25, -0.2) is 13.6 Å². The van der Waals surface area contributed by atoms with Crippen LogP contribution in [0.5, 0.6) is 0 Å². The molecule has 9 heteroatoms. The molecule has 0 bridgehead atoms. The standard InChI is InChI=1S/C7H3BrF2N2O4/c8-2-1-3(12(15)16)11-5(7(13)14)4(2)6(9)10/h1,6H,(H,13,14). The van der Waals surface area contributed by atoms with Gasteiger partial charge in [-0.1, -0.05) is 0 Å². The highest BCUT2D eigenvalue weighted by atomic mass is 79.9. The summed E-state index contributed by atoms with van der Waals surface area (Å²) in [5.74, 6) is -2.56. The molecule has 0 aliphatic rings. The van der Waals surface area contributed by atoms with Crippen LogP contribution in [0.4, 0.5) is 14.6 Å². The van der Waals surface area contributed by atoms with E-state index in [-0.39, 0.29) is 4.47 Å². The van der Waals surface area contributed by atoms with E-state index < -0.39 is 34.4 Å². The second-order valence-corrected chi connectivity index (χ2v) is 3.44. The van der Waals surface area contributed by atoms with Gasteiger partial charge in [-0.15, -0.1) is 0 Å². The van der Waals surface area contributed by atoms with Crippen molar-refractivity contribution in [2.75, 3.05) is 0 Å². The van der Waals surface area contributed by atoms with E-state index in [1.165, 1.54) is 0 Å². The maximum absolute atomic E-state index is 12.5. The Morgan fingerprint density at radius 2 is 2.19 bits per heavy atom. The van der Waals surface area contributed by atoms with Crippen molar-refractivity contribution in [1.29, 1.82) is 0 Å². The lowest BCUT2D eigenvalue weighted by Gasteiger charge is -2.03. The average molecular weight is 297 g/mol. The van der Waals surface area contributed by atoms with Gasteiger partial charge in [0.1, 0.15) is 0 Å². The molecule has 0 fully saturated rings. The van der Waals surface area contributed by atoms with Crippen molar-refractivity contribution in [1.82, 2.24) is 4.98 Å². The first-order valence-corrected chi connectivity index (χ1v) is 4.50. The van der Waals surface area contributed by atoms with Crippen LogP contribution in [0.15, 0.2) is 10.5 Å². The molecule has 6 nitrogen and oxygen atoms in total. The van der Waals surface area contributed by atoms with E-state index in [2.05, 4.69) is 20.9 Å². The first-order valence-electron chi connectivity index (χ1n) is 3.71.